The Bertz CT molecular complexity index is 596. The van der Waals surface area contributed by atoms with E-state index >= 15 is 0 Å². The van der Waals surface area contributed by atoms with Crippen molar-refractivity contribution < 1.29 is 0 Å². The predicted octanol–water partition coefficient (Wildman–Crippen LogP) is 6.99. The van der Waals surface area contributed by atoms with Crippen LogP contribution in [0.3, 0.4) is 0 Å². The molecule has 0 aromatic heterocycles. The van der Waals surface area contributed by atoms with E-state index in [1.54, 1.807) is 12.2 Å². The summed E-state index contributed by atoms with van der Waals surface area (Å²) in [6, 6.07) is 0. The van der Waals surface area contributed by atoms with Gasteiger partial charge < -0.3 is 4.90 Å². The molecule has 0 atom stereocenters. The normalized spacial score (nSPS) is 13.2. The number of likely N-dealkylation sites (N-methyl/N-ethyl adjacent to an activating group) is 1. The largest absolute Gasteiger partial charge is 0.333 e. The van der Waals surface area contributed by atoms with Gasteiger partial charge in [-0.25, -0.2) is 4.99 Å². The maximum Gasteiger partial charge on any atom is 0.109 e. The molecule has 0 bridgehead atoms. The van der Waals surface area contributed by atoms with Gasteiger partial charge in [0.15, 0.2) is 0 Å². The van der Waals surface area contributed by atoms with Crippen LogP contribution in [0.2, 0.25) is 0 Å². The Balaban J connectivity index is 0. The van der Waals surface area contributed by atoms with Crippen molar-refractivity contribution in [3.05, 3.63) is 84.8 Å². The molecular weight excluding hydrogens is 304 g/mol. The number of amidine groups is 1. The highest BCUT2D eigenvalue weighted by Crippen LogP contribution is 2.18. The summed E-state index contributed by atoms with van der Waals surface area (Å²) in [5.74, 6) is 0.926. The zero-order valence-corrected chi connectivity index (χ0v) is 17.3. The van der Waals surface area contributed by atoms with Crippen molar-refractivity contribution in [1.82, 2.24) is 4.90 Å². The second kappa shape index (κ2) is 14.0. The monoisotopic (exact) mass is 340 g/mol. The lowest BCUT2D eigenvalue weighted by atomic mass is 10.1. The van der Waals surface area contributed by atoms with Crippen LogP contribution in [0.15, 0.2) is 89.8 Å². The van der Waals surface area contributed by atoms with E-state index in [2.05, 4.69) is 52.3 Å². The van der Waals surface area contributed by atoms with Crippen LogP contribution in [0, 0.1) is 0 Å². The van der Waals surface area contributed by atoms with Gasteiger partial charge in [-0.2, -0.15) is 0 Å². The summed E-state index contributed by atoms with van der Waals surface area (Å²) in [6.45, 7) is 27.7. The summed E-state index contributed by atoms with van der Waals surface area (Å²) in [7, 11) is 1.99. The number of hydrogen-bond donors (Lipinski definition) is 0. The van der Waals surface area contributed by atoms with Gasteiger partial charge in [0.1, 0.15) is 5.84 Å². The molecule has 25 heavy (non-hydrogen) atoms. The van der Waals surface area contributed by atoms with Crippen molar-refractivity contribution in [2.75, 3.05) is 7.05 Å². The van der Waals surface area contributed by atoms with Crippen LogP contribution in [0.5, 0.6) is 0 Å². The van der Waals surface area contributed by atoms with Crippen LogP contribution in [-0.2, 0) is 0 Å². The van der Waals surface area contributed by atoms with Crippen LogP contribution in [-0.4, -0.2) is 17.8 Å². The van der Waals surface area contributed by atoms with Crippen molar-refractivity contribution in [2.45, 2.75) is 48.0 Å². The molecule has 2 nitrogen and oxygen atoms in total. The van der Waals surface area contributed by atoms with Crippen LogP contribution in [0.25, 0.3) is 0 Å². The Hall–Kier alpha value is -2.35. The first-order valence-corrected chi connectivity index (χ1v) is 8.79. The molecule has 0 aromatic carbocycles. The molecule has 0 saturated carbocycles. The number of aliphatic imine (C=N–C) groups is 1. The van der Waals surface area contributed by atoms with Crippen molar-refractivity contribution in [3.8, 4) is 0 Å². The van der Waals surface area contributed by atoms with E-state index in [-0.39, 0.29) is 0 Å². The molecule has 0 aliphatic carbocycles. The average Bonchev–Trinajstić information content (AvgIpc) is 2.63. The fourth-order valence-electron chi connectivity index (χ4n) is 2.00. The molecule has 138 valence electrons. The molecule has 2 heteroatoms. The minimum absolute atomic E-state index is 0.780. The van der Waals surface area contributed by atoms with Gasteiger partial charge in [-0.1, -0.05) is 64.8 Å². The Morgan fingerprint density at radius 3 is 1.92 bits per heavy atom. The summed E-state index contributed by atoms with van der Waals surface area (Å²) >= 11 is 0. The van der Waals surface area contributed by atoms with Gasteiger partial charge in [-0.3, -0.25) is 0 Å². The van der Waals surface area contributed by atoms with Gasteiger partial charge >= 0.3 is 0 Å². The molecule has 0 fully saturated rings. The smallest absolute Gasteiger partial charge is 0.109 e. The third-order valence-electron chi connectivity index (χ3n) is 3.51. The molecule has 0 aromatic rings. The lowest BCUT2D eigenvalue weighted by Gasteiger charge is -2.22. The summed E-state index contributed by atoms with van der Waals surface area (Å²) in [4.78, 5) is 6.82. The van der Waals surface area contributed by atoms with Gasteiger partial charge in [0, 0.05) is 24.7 Å². The zero-order chi connectivity index (χ0) is 20.0. The van der Waals surface area contributed by atoms with E-state index in [1.807, 2.05) is 45.7 Å². The van der Waals surface area contributed by atoms with E-state index < -0.39 is 0 Å². The number of rotatable bonds is 8. The topological polar surface area (TPSA) is 15.6 Å². The molecule has 0 unspecified atom stereocenters. The van der Waals surface area contributed by atoms with E-state index in [4.69, 9.17) is 4.99 Å². The maximum absolute atomic E-state index is 4.77. The predicted molar refractivity (Wildman–Crippen MR) is 117 cm³/mol. The molecule has 0 aliphatic heterocycles. The van der Waals surface area contributed by atoms with Gasteiger partial charge in [0.25, 0.3) is 0 Å². The summed E-state index contributed by atoms with van der Waals surface area (Å²) < 4.78 is 0. The van der Waals surface area contributed by atoms with Crippen molar-refractivity contribution in [2.24, 2.45) is 4.99 Å². The highest BCUT2D eigenvalue weighted by molar-refractivity contribution is 5.85. The highest BCUT2D eigenvalue weighted by Gasteiger charge is 2.09. The van der Waals surface area contributed by atoms with E-state index in [0.29, 0.717) is 0 Å². The third-order valence-corrected chi connectivity index (χ3v) is 3.51. The Kier molecular flexibility index (Phi) is 14.0. The lowest BCUT2D eigenvalue weighted by Crippen LogP contribution is -2.25. The van der Waals surface area contributed by atoms with Crippen LogP contribution >= 0.6 is 0 Å². The van der Waals surface area contributed by atoms with E-state index in [9.17, 15) is 0 Å². The summed E-state index contributed by atoms with van der Waals surface area (Å²) in [6.07, 6.45) is 10.3. The molecule has 0 saturated heterocycles. The summed E-state index contributed by atoms with van der Waals surface area (Å²) in [5.41, 5.74) is 4.78. The molecule has 0 aliphatic rings. The average molecular weight is 341 g/mol. The first-order chi connectivity index (χ1) is 11.9. The second-order valence-corrected chi connectivity index (χ2v) is 5.23. The quantitative estimate of drug-likeness (QED) is 0.264. The van der Waals surface area contributed by atoms with Crippen molar-refractivity contribution in [1.29, 1.82) is 0 Å². The minimum atomic E-state index is 0.780. The SMILES string of the molecule is C=C/C(=C\C(C)=C/C)N(C)C(CC)=N/C(C=C)=C(\C=C)C(=C)C.CC. The first kappa shape index (κ1) is 24.9. The fraction of sp³-hybridized carbons (Fsp3) is 0.348. The first-order valence-electron chi connectivity index (χ1n) is 8.79. The number of nitrogens with zero attached hydrogens (tertiary/aromatic N) is 2. The van der Waals surface area contributed by atoms with Crippen molar-refractivity contribution >= 4 is 5.84 Å². The third kappa shape index (κ3) is 8.35. The van der Waals surface area contributed by atoms with Gasteiger partial charge in [-0.05, 0) is 44.6 Å². The molecule has 0 rings (SSSR count). The Morgan fingerprint density at radius 2 is 1.60 bits per heavy atom. The molecule has 0 radical (unpaired) electrons. The summed E-state index contributed by atoms with van der Waals surface area (Å²) in [5, 5.41) is 0. The maximum atomic E-state index is 4.77. The fourth-order valence-corrected chi connectivity index (χ4v) is 2.00. The molecule has 0 spiro atoms. The Labute approximate surface area is 156 Å². The lowest BCUT2D eigenvalue weighted by molar-refractivity contribution is 0.630. The number of allylic oxidation sites excluding steroid dienone is 8. The van der Waals surface area contributed by atoms with Gasteiger partial charge in [0.2, 0.25) is 0 Å². The Morgan fingerprint density at radius 1 is 1.04 bits per heavy atom. The van der Waals surface area contributed by atoms with Crippen molar-refractivity contribution in [3.63, 3.8) is 0 Å². The standard InChI is InChI=1S/C21H30N2.C2H6/c1-10-17(8)15-18(11-2)23(9)21(14-5)22-20(13-4)19(12-3)16(6)7;1-2/h10-13,15H,2-4,6,14H2,1,5,7-9H3;1-2H3/b17-10-,18-15+,20-19+,22-21?;. The van der Waals surface area contributed by atoms with Gasteiger partial charge in [0.05, 0.1) is 5.70 Å². The molecule has 0 amide bonds. The van der Waals surface area contributed by atoms with Gasteiger partial charge in [-0.15, -0.1) is 0 Å². The second-order valence-electron chi connectivity index (χ2n) is 5.23. The minimum Gasteiger partial charge on any atom is -0.333 e. The van der Waals surface area contributed by atoms with Crippen LogP contribution < -0.4 is 0 Å². The molecule has 0 N–H and O–H groups in total. The zero-order valence-electron chi connectivity index (χ0n) is 17.3. The molecular formula is C23H36N2. The van der Waals surface area contributed by atoms with E-state index in [0.717, 1.165) is 34.8 Å². The van der Waals surface area contributed by atoms with E-state index in [1.165, 1.54) is 5.57 Å². The molecule has 0 heterocycles. The van der Waals surface area contributed by atoms with Crippen LogP contribution in [0.1, 0.15) is 48.0 Å². The highest BCUT2D eigenvalue weighted by atomic mass is 15.2. The van der Waals surface area contributed by atoms with Crippen LogP contribution in [0.4, 0.5) is 0 Å². The number of hydrogen-bond acceptors (Lipinski definition) is 1.